The molecule has 0 amide bonds. The highest BCUT2D eigenvalue weighted by Crippen LogP contribution is 2.37. The standard InChI is InChI=1S/C26H18ClF2N3O4/c27-15-8-18-23(14(9-30)26(31-18)36-20-11-35-24-19(33)10-34-25(20)24)32-22(15)13-6-4-12(5-7-13)21-16(28)2-1-3-17(21)29/h1-8,19-20,24-25,31,33H,10-11H2/t19-,20-,24-,25-/m1/s1. The number of halogens is 3. The van der Waals surface area contributed by atoms with E-state index in [1.165, 1.54) is 18.2 Å². The van der Waals surface area contributed by atoms with Gasteiger partial charge in [0.15, 0.2) is 6.10 Å². The van der Waals surface area contributed by atoms with E-state index < -0.39 is 36.1 Å². The molecule has 10 heteroatoms. The fraction of sp³-hybridized carbons (Fsp3) is 0.231. The maximum atomic E-state index is 14.2. The molecule has 2 aliphatic heterocycles. The lowest BCUT2D eigenvalue weighted by molar-refractivity contribution is 0.00789. The highest BCUT2D eigenvalue weighted by Gasteiger charge is 2.48. The summed E-state index contributed by atoms with van der Waals surface area (Å²) in [6.07, 6.45) is -2.13. The van der Waals surface area contributed by atoms with Gasteiger partial charge in [0.25, 0.3) is 0 Å². The van der Waals surface area contributed by atoms with Crippen LogP contribution in [0.2, 0.25) is 5.02 Å². The Morgan fingerprint density at radius 3 is 2.47 bits per heavy atom. The van der Waals surface area contributed by atoms with Gasteiger partial charge >= 0.3 is 0 Å². The Labute approximate surface area is 208 Å². The Kier molecular flexibility index (Phi) is 5.62. The van der Waals surface area contributed by atoms with Crippen molar-refractivity contribution in [3.63, 3.8) is 0 Å². The molecule has 4 atom stereocenters. The van der Waals surface area contributed by atoms with E-state index in [1.807, 2.05) is 0 Å². The molecular formula is C26H18ClF2N3O4. The van der Waals surface area contributed by atoms with Gasteiger partial charge < -0.3 is 24.3 Å². The molecule has 0 radical (unpaired) electrons. The summed E-state index contributed by atoms with van der Waals surface area (Å²) in [7, 11) is 0. The summed E-state index contributed by atoms with van der Waals surface area (Å²) in [5.41, 5.74) is 2.32. The summed E-state index contributed by atoms with van der Waals surface area (Å²) in [6.45, 7) is 0.372. The molecule has 2 aliphatic rings. The summed E-state index contributed by atoms with van der Waals surface area (Å²) in [5.74, 6) is -1.11. The molecule has 0 unspecified atom stereocenters. The largest absolute Gasteiger partial charge is 0.469 e. The van der Waals surface area contributed by atoms with Gasteiger partial charge in [0, 0.05) is 5.56 Å². The van der Waals surface area contributed by atoms with E-state index >= 15 is 0 Å². The average Bonchev–Trinajstić information content (AvgIpc) is 3.53. The number of hydrogen-bond donors (Lipinski definition) is 2. The first kappa shape index (κ1) is 22.9. The van der Waals surface area contributed by atoms with Crippen molar-refractivity contribution in [3.05, 3.63) is 70.8 Å². The molecule has 36 heavy (non-hydrogen) atoms. The van der Waals surface area contributed by atoms with Gasteiger partial charge in [0.1, 0.15) is 47.1 Å². The quantitative estimate of drug-likeness (QED) is 0.417. The van der Waals surface area contributed by atoms with E-state index in [-0.39, 0.29) is 30.2 Å². The molecule has 2 saturated heterocycles. The number of aliphatic hydroxyl groups excluding tert-OH is 1. The van der Waals surface area contributed by atoms with Crippen LogP contribution in [0.3, 0.4) is 0 Å². The molecule has 0 aliphatic carbocycles. The first-order chi connectivity index (χ1) is 17.4. The third-order valence-corrected chi connectivity index (χ3v) is 6.75. The number of hydrogen-bond acceptors (Lipinski definition) is 6. The smallest absolute Gasteiger partial charge is 0.212 e. The number of fused-ring (bicyclic) bond motifs is 2. The van der Waals surface area contributed by atoms with Crippen LogP contribution < -0.4 is 4.74 Å². The molecule has 2 aromatic carbocycles. The Morgan fingerprint density at radius 2 is 1.75 bits per heavy atom. The highest BCUT2D eigenvalue weighted by molar-refractivity contribution is 6.33. The molecule has 6 rings (SSSR count). The van der Waals surface area contributed by atoms with Gasteiger partial charge in [-0.25, -0.2) is 13.8 Å². The molecule has 0 spiro atoms. The number of aromatic amines is 1. The van der Waals surface area contributed by atoms with Gasteiger partial charge in [-0.15, -0.1) is 0 Å². The van der Waals surface area contributed by atoms with Crippen molar-refractivity contribution in [2.45, 2.75) is 24.4 Å². The monoisotopic (exact) mass is 509 g/mol. The second kappa shape index (κ2) is 8.84. The van der Waals surface area contributed by atoms with Crippen LogP contribution in [0.4, 0.5) is 8.78 Å². The zero-order valence-electron chi connectivity index (χ0n) is 18.5. The zero-order chi connectivity index (χ0) is 25.0. The predicted octanol–water partition coefficient (Wildman–Crippen LogP) is 4.61. The van der Waals surface area contributed by atoms with Crippen molar-refractivity contribution < 1.29 is 28.1 Å². The van der Waals surface area contributed by atoms with Crippen LogP contribution in [0.15, 0.2) is 48.5 Å². The molecule has 0 bridgehead atoms. The lowest BCUT2D eigenvalue weighted by Crippen LogP contribution is -2.34. The summed E-state index contributed by atoms with van der Waals surface area (Å²) in [5, 5.41) is 20.1. The number of H-pyrrole nitrogens is 1. The molecule has 2 fully saturated rings. The van der Waals surface area contributed by atoms with Crippen LogP contribution in [0.1, 0.15) is 5.56 Å². The number of nitrogens with zero attached hydrogens (tertiary/aromatic N) is 2. The number of benzene rings is 2. The number of aliphatic hydroxyl groups is 1. The minimum Gasteiger partial charge on any atom is -0.469 e. The molecule has 2 aromatic heterocycles. The maximum Gasteiger partial charge on any atom is 0.212 e. The van der Waals surface area contributed by atoms with Crippen LogP contribution in [-0.2, 0) is 9.47 Å². The molecule has 2 N–H and O–H groups in total. The van der Waals surface area contributed by atoms with Crippen LogP contribution in [0.5, 0.6) is 5.88 Å². The molecular weight excluding hydrogens is 492 g/mol. The van der Waals surface area contributed by atoms with Crippen molar-refractivity contribution in [3.8, 4) is 34.3 Å². The summed E-state index contributed by atoms with van der Waals surface area (Å²) >= 11 is 6.52. The lowest BCUT2D eigenvalue weighted by Gasteiger charge is -2.16. The highest BCUT2D eigenvalue weighted by atomic mass is 35.5. The second-order valence-corrected chi connectivity index (χ2v) is 9.06. The van der Waals surface area contributed by atoms with Crippen LogP contribution in [-0.4, -0.2) is 52.7 Å². The number of nitrogens with one attached hydrogen (secondary N) is 1. The van der Waals surface area contributed by atoms with Crippen molar-refractivity contribution in [1.82, 2.24) is 9.97 Å². The first-order valence-corrected chi connectivity index (χ1v) is 11.6. The number of pyridine rings is 1. The van der Waals surface area contributed by atoms with E-state index in [0.29, 0.717) is 32.9 Å². The first-order valence-electron chi connectivity index (χ1n) is 11.2. The van der Waals surface area contributed by atoms with Crippen molar-refractivity contribution in [2.75, 3.05) is 13.2 Å². The molecule has 7 nitrogen and oxygen atoms in total. The van der Waals surface area contributed by atoms with Gasteiger partial charge in [-0.1, -0.05) is 41.9 Å². The fourth-order valence-electron chi connectivity index (χ4n) is 4.73. The molecule has 182 valence electrons. The topological polar surface area (TPSA) is 100 Å². The van der Waals surface area contributed by atoms with Gasteiger partial charge in [-0.2, -0.15) is 5.26 Å². The van der Waals surface area contributed by atoms with E-state index in [0.717, 1.165) is 0 Å². The van der Waals surface area contributed by atoms with Crippen molar-refractivity contribution in [2.24, 2.45) is 0 Å². The number of rotatable bonds is 4. The van der Waals surface area contributed by atoms with Gasteiger partial charge in [0.05, 0.1) is 35.0 Å². The van der Waals surface area contributed by atoms with Gasteiger partial charge in [-0.05, 0) is 23.8 Å². The predicted molar refractivity (Wildman–Crippen MR) is 127 cm³/mol. The summed E-state index contributed by atoms with van der Waals surface area (Å²) in [4.78, 5) is 7.66. The van der Waals surface area contributed by atoms with E-state index in [1.54, 1.807) is 30.3 Å². The van der Waals surface area contributed by atoms with Gasteiger partial charge in [-0.3, -0.25) is 0 Å². The molecule has 4 aromatic rings. The number of ether oxygens (including phenoxy) is 3. The minimum atomic E-state index is -0.717. The third kappa shape index (κ3) is 3.70. The van der Waals surface area contributed by atoms with Crippen molar-refractivity contribution >= 4 is 22.6 Å². The molecule has 4 heterocycles. The van der Waals surface area contributed by atoms with Crippen LogP contribution >= 0.6 is 11.6 Å². The van der Waals surface area contributed by atoms with E-state index in [4.69, 9.17) is 25.8 Å². The number of aromatic nitrogens is 2. The minimum absolute atomic E-state index is 0.116. The Bertz CT molecular complexity index is 1500. The van der Waals surface area contributed by atoms with E-state index in [2.05, 4.69) is 16.0 Å². The summed E-state index contributed by atoms with van der Waals surface area (Å²) < 4.78 is 45.6. The lowest BCUT2D eigenvalue weighted by atomic mass is 10.0. The Hall–Kier alpha value is -3.55. The molecule has 0 saturated carbocycles. The van der Waals surface area contributed by atoms with Crippen LogP contribution in [0, 0.1) is 23.0 Å². The second-order valence-electron chi connectivity index (χ2n) is 8.65. The Balaban J connectivity index is 1.34. The fourth-order valence-corrected chi connectivity index (χ4v) is 4.99. The van der Waals surface area contributed by atoms with Crippen LogP contribution in [0.25, 0.3) is 33.4 Å². The average molecular weight is 510 g/mol. The summed E-state index contributed by atoms with van der Waals surface area (Å²) in [6, 6.07) is 14.0. The van der Waals surface area contributed by atoms with E-state index in [9.17, 15) is 19.1 Å². The zero-order valence-corrected chi connectivity index (χ0v) is 19.3. The normalized spacial score (nSPS) is 23.1. The Morgan fingerprint density at radius 1 is 1.06 bits per heavy atom. The van der Waals surface area contributed by atoms with Gasteiger partial charge in [0.2, 0.25) is 5.88 Å². The SMILES string of the molecule is N#Cc1c(O[C@@H]2CO[C@H]3[C@@H]2OC[C@H]3O)[nH]c2cc(Cl)c(-c3ccc(-c4c(F)cccc4F)cc3)nc12. The number of nitriles is 1. The van der Waals surface area contributed by atoms with Crippen molar-refractivity contribution in [1.29, 1.82) is 5.26 Å². The maximum absolute atomic E-state index is 14.2. The third-order valence-electron chi connectivity index (χ3n) is 6.46.